The van der Waals surface area contributed by atoms with E-state index in [1.165, 1.54) is 6.20 Å². The number of esters is 1. The highest BCUT2D eigenvalue weighted by atomic mass is 16.5. The maximum Gasteiger partial charge on any atom is 0.339 e. The first kappa shape index (κ1) is 11.3. The molecule has 4 nitrogen and oxygen atoms in total. The van der Waals surface area contributed by atoms with Crippen LogP contribution in [0.4, 0.5) is 0 Å². The Balaban J connectivity index is 2.32. The first-order valence-corrected chi connectivity index (χ1v) is 5.34. The van der Waals surface area contributed by atoms with Gasteiger partial charge in [0, 0.05) is 35.9 Å². The number of aromatic nitrogens is 2. The minimum atomic E-state index is -0.356. The summed E-state index contributed by atoms with van der Waals surface area (Å²) in [7, 11) is 0. The molecule has 0 spiro atoms. The van der Waals surface area contributed by atoms with Crippen molar-refractivity contribution < 1.29 is 9.53 Å². The van der Waals surface area contributed by atoms with E-state index in [1.807, 2.05) is 12.1 Å². The SMILES string of the molecule is CCOC(=O)c1cncc(-c2cccnc2)c1. The molecule has 0 aliphatic carbocycles. The van der Waals surface area contributed by atoms with E-state index in [9.17, 15) is 4.79 Å². The Morgan fingerprint density at radius 3 is 2.76 bits per heavy atom. The number of hydrogen-bond acceptors (Lipinski definition) is 4. The molecule has 0 unspecified atom stereocenters. The van der Waals surface area contributed by atoms with E-state index in [0.29, 0.717) is 12.2 Å². The minimum absolute atomic E-state index is 0.356. The molecule has 0 N–H and O–H groups in total. The van der Waals surface area contributed by atoms with E-state index in [-0.39, 0.29) is 5.97 Å². The zero-order valence-electron chi connectivity index (χ0n) is 9.46. The summed E-state index contributed by atoms with van der Waals surface area (Å²) in [6, 6.07) is 5.51. The maximum absolute atomic E-state index is 11.6. The molecule has 0 aliphatic heterocycles. The third-order valence-electron chi connectivity index (χ3n) is 2.24. The number of pyridine rings is 2. The Bertz CT molecular complexity index is 512. The van der Waals surface area contributed by atoms with Gasteiger partial charge in [0.25, 0.3) is 0 Å². The van der Waals surface area contributed by atoms with Crippen molar-refractivity contribution in [3.05, 3.63) is 48.5 Å². The second-order valence-electron chi connectivity index (χ2n) is 3.42. The summed E-state index contributed by atoms with van der Waals surface area (Å²) in [5, 5.41) is 0. The molecule has 2 heterocycles. The second-order valence-corrected chi connectivity index (χ2v) is 3.42. The van der Waals surface area contributed by atoms with Gasteiger partial charge in [-0.3, -0.25) is 9.97 Å². The van der Waals surface area contributed by atoms with Gasteiger partial charge in [0.05, 0.1) is 12.2 Å². The van der Waals surface area contributed by atoms with Crippen LogP contribution in [0.2, 0.25) is 0 Å². The maximum atomic E-state index is 11.6. The van der Waals surface area contributed by atoms with Gasteiger partial charge in [0.15, 0.2) is 0 Å². The van der Waals surface area contributed by atoms with E-state index >= 15 is 0 Å². The lowest BCUT2D eigenvalue weighted by atomic mass is 10.1. The molecule has 0 bridgehead atoms. The Kier molecular flexibility index (Phi) is 3.45. The third-order valence-corrected chi connectivity index (χ3v) is 2.24. The van der Waals surface area contributed by atoms with Gasteiger partial charge in [-0.05, 0) is 19.1 Å². The van der Waals surface area contributed by atoms with Crippen LogP contribution >= 0.6 is 0 Å². The molecule has 0 atom stereocenters. The highest BCUT2D eigenvalue weighted by Gasteiger charge is 2.08. The number of carbonyl (C=O) groups is 1. The van der Waals surface area contributed by atoms with Gasteiger partial charge in [0.1, 0.15) is 0 Å². The summed E-state index contributed by atoms with van der Waals surface area (Å²) in [6.45, 7) is 2.13. The molecule has 0 saturated heterocycles. The first-order chi connectivity index (χ1) is 8.31. The summed E-state index contributed by atoms with van der Waals surface area (Å²) in [6.07, 6.45) is 6.62. The molecule has 0 radical (unpaired) electrons. The number of ether oxygens (including phenoxy) is 1. The van der Waals surface area contributed by atoms with Crippen molar-refractivity contribution in [2.24, 2.45) is 0 Å². The van der Waals surface area contributed by atoms with Crippen LogP contribution in [-0.4, -0.2) is 22.5 Å². The van der Waals surface area contributed by atoms with Crippen LogP contribution < -0.4 is 0 Å². The minimum Gasteiger partial charge on any atom is -0.462 e. The van der Waals surface area contributed by atoms with Gasteiger partial charge in [-0.25, -0.2) is 4.79 Å². The molecule has 0 amide bonds. The van der Waals surface area contributed by atoms with Crippen molar-refractivity contribution in [3.8, 4) is 11.1 Å². The van der Waals surface area contributed by atoms with Crippen molar-refractivity contribution in [2.75, 3.05) is 6.61 Å². The van der Waals surface area contributed by atoms with Crippen molar-refractivity contribution >= 4 is 5.97 Å². The summed E-state index contributed by atoms with van der Waals surface area (Å²) in [5.74, 6) is -0.356. The number of nitrogens with zero attached hydrogens (tertiary/aromatic N) is 2. The molecule has 4 heteroatoms. The normalized spacial score (nSPS) is 9.94. The predicted molar refractivity (Wildman–Crippen MR) is 63.4 cm³/mol. The standard InChI is InChI=1S/C13H12N2O2/c1-2-17-13(16)12-6-11(8-15-9-12)10-4-3-5-14-7-10/h3-9H,2H2,1H3. The fraction of sp³-hybridized carbons (Fsp3) is 0.154. The molecular formula is C13H12N2O2. The average molecular weight is 228 g/mol. The number of rotatable bonds is 3. The lowest BCUT2D eigenvalue weighted by molar-refractivity contribution is 0.0526. The van der Waals surface area contributed by atoms with Gasteiger partial charge < -0.3 is 4.74 Å². The Morgan fingerprint density at radius 2 is 2.06 bits per heavy atom. The first-order valence-electron chi connectivity index (χ1n) is 5.34. The molecule has 17 heavy (non-hydrogen) atoms. The zero-order valence-corrected chi connectivity index (χ0v) is 9.46. The van der Waals surface area contributed by atoms with Crippen LogP contribution in [0.5, 0.6) is 0 Å². The van der Waals surface area contributed by atoms with Crippen LogP contribution in [0.25, 0.3) is 11.1 Å². The Labute approximate surface area is 99.3 Å². The van der Waals surface area contributed by atoms with Crippen LogP contribution in [0.1, 0.15) is 17.3 Å². The molecule has 2 rings (SSSR count). The average Bonchev–Trinajstić information content (AvgIpc) is 2.40. The Morgan fingerprint density at radius 1 is 1.24 bits per heavy atom. The van der Waals surface area contributed by atoms with E-state index in [2.05, 4.69) is 9.97 Å². The predicted octanol–water partition coefficient (Wildman–Crippen LogP) is 2.32. The highest BCUT2D eigenvalue weighted by Crippen LogP contribution is 2.18. The topological polar surface area (TPSA) is 52.1 Å². The zero-order chi connectivity index (χ0) is 12.1. The van der Waals surface area contributed by atoms with Crippen molar-refractivity contribution in [1.29, 1.82) is 0 Å². The van der Waals surface area contributed by atoms with Gasteiger partial charge in [-0.15, -0.1) is 0 Å². The van der Waals surface area contributed by atoms with Crippen LogP contribution in [0.15, 0.2) is 43.0 Å². The second kappa shape index (κ2) is 5.21. The summed E-state index contributed by atoms with van der Waals surface area (Å²) >= 11 is 0. The van der Waals surface area contributed by atoms with Gasteiger partial charge in [-0.1, -0.05) is 6.07 Å². The van der Waals surface area contributed by atoms with E-state index in [1.54, 1.807) is 31.6 Å². The third kappa shape index (κ3) is 2.66. The molecule has 2 aromatic rings. The summed E-state index contributed by atoms with van der Waals surface area (Å²) in [4.78, 5) is 19.6. The number of carbonyl (C=O) groups excluding carboxylic acids is 1. The molecule has 86 valence electrons. The van der Waals surface area contributed by atoms with E-state index in [0.717, 1.165) is 11.1 Å². The fourth-order valence-corrected chi connectivity index (χ4v) is 1.46. The highest BCUT2D eigenvalue weighted by molar-refractivity contribution is 5.90. The lowest BCUT2D eigenvalue weighted by Crippen LogP contribution is -2.05. The van der Waals surface area contributed by atoms with Crippen LogP contribution in [0, 0.1) is 0 Å². The van der Waals surface area contributed by atoms with Crippen molar-refractivity contribution in [3.63, 3.8) is 0 Å². The van der Waals surface area contributed by atoms with Crippen LogP contribution in [0.3, 0.4) is 0 Å². The smallest absolute Gasteiger partial charge is 0.339 e. The quantitative estimate of drug-likeness (QED) is 0.756. The molecule has 2 aromatic heterocycles. The summed E-state index contributed by atoms with van der Waals surface area (Å²) < 4.78 is 4.92. The fourth-order valence-electron chi connectivity index (χ4n) is 1.46. The number of hydrogen-bond donors (Lipinski definition) is 0. The lowest BCUT2D eigenvalue weighted by Gasteiger charge is -2.04. The monoisotopic (exact) mass is 228 g/mol. The van der Waals surface area contributed by atoms with Gasteiger partial charge in [-0.2, -0.15) is 0 Å². The van der Waals surface area contributed by atoms with Crippen molar-refractivity contribution in [1.82, 2.24) is 9.97 Å². The molecule has 0 saturated carbocycles. The van der Waals surface area contributed by atoms with E-state index < -0.39 is 0 Å². The summed E-state index contributed by atoms with van der Waals surface area (Å²) in [5.41, 5.74) is 2.23. The molecule has 0 aromatic carbocycles. The van der Waals surface area contributed by atoms with Crippen molar-refractivity contribution in [2.45, 2.75) is 6.92 Å². The van der Waals surface area contributed by atoms with Gasteiger partial charge >= 0.3 is 5.97 Å². The van der Waals surface area contributed by atoms with Gasteiger partial charge in [0.2, 0.25) is 0 Å². The van der Waals surface area contributed by atoms with Crippen LogP contribution in [-0.2, 0) is 4.74 Å². The van der Waals surface area contributed by atoms with E-state index in [4.69, 9.17) is 4.74 Å². The molecule has 0 fully saturated rings. The Hall–Kier alpha value is -2.23. The largest absolute Gasteiger partial charge is 0.462 e. The molecule has 0 aliphatic rings. The molecular weight excluding hydrogens is 216 g/mol.